The molecule has 0 saturated carbocycles. The van der Waals surface area contributed by atoms with Crippen molar-refractivity contribution in [3.05, 3.63) is 40.6 Å². The summed E-state index contributed by atoms with van der Waals surface area (Å²) in [5.41, 5.74) is -0.999. The maximum atomic E-state index is 14.0. The van der Waals surface area contributed by atoms with E-state index < -0.39 is 116 Å². The average Bonchev–Trinajstić information content (AvgIpc) is 3.13. The fourth-order valence-electron chi connectivity index (χ4n) is 6.19. The molecule has 0 unspecified atom stereocenters. The van der Waals surface area contributed by atoms with Crippen LogP contribution in [0.1, 0.15) is 6.92 Å². The lowest BCUT2D eigenvalue weighted by Gasteiger charge is -2.44. The summed E-state index contributed by atoms with van der Waals surface area (Å²) in [6.07, 6.45) is -22.9. The molecular formula is C33H40O20. The summed E-state index contributed by atoms with van der Waals surface area (Å²) in [5, 5.41) is 113. The fraction of sp³-hybridized carbons (Fsp3) is 0.545. The molecule has 3 aliphatic rings. The smallest absolute Gasteiger partial charge is 0.239 e. The van der Waals surface area contributed by atoms with Crippen molar-refractivity contribution in [2.45, 2.75) is 92.9 Å². The lowest BCUT2D eigenvalue weighted by molar-refractivity contribution is -0.343. The molecule has 11 N–H and O–H groups in total. The maximum absolute atomic E-state index is 14.0. The van der Waals surface area contributed by atoms with Crippen molar-refractivity contribution in [2.75, 3.05) is 20.3 Å². The highest BCUT2D eigenvalue weighted by molar-refractivity contribution is 5.89. The first-order valence-electron chi connectivity index (χ1n) is 16.3. The van der Waals surface area contributed by atoms with Gasteiger partial charge in [0.15, 0.2) is 23.5 Å². The van der Waals surface area contributed by atoms with Gasteiger partial charge in [-0.25, -0.2) is 0 Å². The minimum atomic E-state index is -1.86. The summed E-state index contributed by atoms with van der Waals surface area (Å²) in [5.74, 6) is -2.19. The van der Waals surface area contributed by atoms with Crippen molar-refractivity contribution in [3.8, 4) is 40.1 Å². The van der Waals surface area contributed by atoms with Crippen LogP contribution in [0.4, 0.5) is 0 Å². The predicted octanol–water partition coefficient (Wildman–Crippen LogP) is -3.27. The monoisotopic (exact) mass is 756 g/mol. The summed E-state index contributed by atoms with van der Waals surface area (Å²) in [7, 11) is 1.17. The summed E-state index contributed by atoms with van der Waals surface area (Å²) in [6.45, 7) is 0.131. The van der Waals surface area contributed by atoms with E-state index in [2.05, 4.69) is 0 Å². The van der Waals surface area contributed by atoms with E-state index in [0.29, 0.717) is 0 Å². The topological polar surface area (TPSA) is 317 Å². The van der Waals surface area contributed by atoms with E-state index >= 15 is 0 Å². The molecule has 0 aliphatic carbocycles. The highest BCUT2D eigenvalue weighted by Gasteiger charge is 2.49. The van der Waals surface area contributed by atoms with Crippen LogP contribution >= 0.6 is 0 Å². The molecule has 20 nitrogen and oxygen atoms in total. The van der Waals surface area contributed by atoms with Crippen LogP contribution in [0.3, 0.4) is 0 Å². The van der Waals surface area contributed by atoms with Gasteiger partial charge in [-0.05, 0) is 25.1 Å². The van der Waals surface area contributed by atoms with Gasteiger partial charge in [-0.15, -0.1) is 0 Å². The molecule has 20 heteroatoms. The van der Waals surface area contributed by atoms with Crippen LogP contribution in [0.25, 0.3) is 22.3 Å². The minimum absolute atomic E-state index is 0.0927. The second-order valence-corrected chi connectivity index (χ2v) is 12.8. The first-order valence-corrected chi connectivity index (χ1v) is 16.3. The number of hydrogen-bond donors (Lipinski definition) is 11. The standard InChI is InChI=1S/C33H40O20/c1-10-20(38)23(41)25(43)32(48-10)51-17-7-12(6-16-19(17)22(40)30(46-2)28(50-16)11-3-4-13(35)14(36)5-11)49-31-27(45)29(15(37)9-47-31)53-33-26(44)24(42)21(39)18(8-34)52-33/h3-7,10,15,18,20-21,23-27,29,31-39,41-45H,8-9H2,1-2H3/t10-,15+,18+,20-,21+,23+,24-,25+,26+,27+,29-,31-,32-,33-/m0/s1. The molecule has 0 radical (unpaired) electrons. The number of fused-ring (bicyclic) bond motifs is 1. The van der Waals surface area contributed by atoms with Crippen molar-refractivity contribution in [1.82, 2.24) is 0 Å². The molecule has 3 aromatic rings. The molecule has 53 heavy (non-hydrogen) atoms. The largest absolute Gasteiger partial charge is 0.504 e. The molecule has 14 atom stereocenters. The van der Waals surface area contributed by atoms with E-state index in [1.807, 2.05) is 0 Å². The van der Waals surface area contributed by atoms with Gasteiger partial charge >= 0.3 is 0 Å². The van der Waals surface area contributed by atoms with E-state index in [0.717, 1.165) is 18.2 Å². The number of benzene rings is 2. The van der Waals surface area contributed by atoms with E-state index in [1.165, 1.54) is 26.2 Å². The number of aliphatic hydroxyl groups is 9. The highest BCUT2D eigenvalue weighted by atomic mass is 16.7. The normalized spacial score (nSPS) is 36.3. The molecule has 3 saturated heterocycles. The van der Waals surface area contributed by atoms with Gasteiger partial charge in [-0.1, -0.05) is 0 Å². The first-order chi connectivity index (χ1) is 25.1. The van der Waals surface area contributed by atoms with Gasteiger partial charge in [0.25, 0.3) is 0 Å². The third-order valence-corrected chi connectivity index (χ3v) is 9.20. The Hall–Kier alpha value is -3.87. The zero-order valence-electron chi connectivity index (χ0n) is 28.0. The van der Waals surface area contributed by atoms with Crippen molar-refractivity contribution < 1.29 is 93.7 Å². The zero-order valence-corrected chi connectivity index (χ0v) is 28.0. The quantitative estimate of drug-likeness (QED) is 0.0954. The number of phenols is 2. The average molecular weight is 757 g/mol. The van der Waals surface area contributed by atoms with Crippen LogP contribution in [0.5, 0.6) is 28.7 Å². The fourth-order valence-corrected chi connectivity index (χ4v) is 6.19. The number of methoxy groups -OCH3 is 1. The Morgan fingerprint density at radius 2 is 1.47 bits per heavy atom. The number of aromatic hydroxyl groups is 2. The molecule has 0 spiro atoms. The van der Waals surface area contributed by atoms with E-state index in [9.17, 15) is 61.0 Å². The number of aliphatic hydroxyl groups excluding tert-OH is 9. The number of rotatable bonds is 9. The summed E-state index contributed by atoms with van der Waals surface area (Å²) >= 11 is 0. The van der Waals surface area contributed by atoms with Crippen molar-refractivity contribution in [1.29, 1.82) is 0 Å². The molecule has 0 amide bonds. The minimum Gasteiger partial charge on any atom is -0.504 e. The molecule has 3 aliphatic heterocycles. The summed E-state index contributed by atoms with van der Waals surface area (Å²) in [4.78, 5) is 14.0. The molecular weight excluding hydrogens is 716 g/mol. The van der Waals surface area contributed by atoms with Gasteiger partial charge in [0.1, 0.15) is 83.5 Å². The van der Waals surface area contributed by atoms with Crippen molar-refractivity contribution >= 4 is 11.0 Å². The second kappa shape index (κ2) is 15.5. The summed E-state index contributed by atoms with van der Waals surface area (Å²) in [6, 6.07) is 5.88. The van der Waals surface area contributed by atoms with Gasteiger partial charge in [0.2, 0.25) is 23.8 Å². The van der Waals surface area contributed by atoms with Crippen molar-refractivity contribution in [3.63, 3.8) is 0 Å². The number of phenolic OH excluding ortho intramolecular Hbond substituents is 2. The lowest BCUT2D eigenvalue weighted by atomic mass is 9.98. The van der Waals surface area contributed by atoms with Gasteiger partial charge in [0, 0.05) is 17.7 Å². The van der Waals surface area contributed by atoms with Crippen LogP contribution in [0, 0.1) is 0 Å². The second-order valence-electron chi connectivity index (χ2n) is 12.8. The van der Waals surface area contributed by atoms with E-state index in [1.54, 1.807) is 0 Å². The van der Waals surface area contributed by atoms with Crippen LogP contribution in [0.2, 0.25) is 0 Å². The Balaban J connectivity index is 1.38. The third-order valence-electron chi connectivity index (χ3n) is 9.20. The van der Waals surface area contributed by atoms with Gasteiger partial charge in [0.05, 0.1) is 26.4 Å². The van der Waals surface area contributed by atoms with Gasteiger partial charge < -0.3 is 93.7 Å². The Labute approximate surface area is 298 Å². The Morgan fingerprint density at radius 3 is 2.15 bits per heavy atom. The Morgan fingerprint density at radius 1 is 0.774 bits per heavy atom. The Bertz CT molecular complexity index is 1820. The number of hydrogen-bond acceptors (Lipinski definition) is 20. The molecule has 292 valence electrons. The lowest BCUT2D eigenvalue weighted by Crippen LogP contribution is -2.63. The van der Waals surface area contributed by atoms with Crippen molar-refractivity contribution in [2.24, 2.45) is 0 Å². The molecule has 3 fully saturated rings. The predicted molar refractivity (Wildman–Crippen MR) is 172 cm³/mol. The maximum Gasteiger partial charge on any atom is 0.239 e. The zero-order chi connectivity index (χ0) is 38.5. The molecule has 2 aromatic carbocycles. The summed E-state index contributed by atoms with van der Waals surface area (Å²) < 4.78 is 45.2. The van der Waals surface area contributed by atoms with Crippen LogP contribution in [-0.4, -0.2) is 163 Å². The van der Waals surface area contributed by atoms with Gasteiger partial charge in [-0.3, -0.25) is 4.79 Å². The first kappa shape index (κ1) is 38.8. The van der Waals surface area contributed by atoms with Crippen LogP contribution in [0.15, 0.2) is 39.5 Å². The molecule has 6 rings (SSSR count). The van der Waals surface area contributed by atoms with Gasteiger partial charge in [-0.2, -0.15) is 0 Å². The highest BCUT2D eigenvalue weighted by Crippen LogP contribution is 2.40. The van der Waals surface area contributed by atoms with E-state index in [-0.39, 0.29) is 39.5 Å². The molecule has 1 aromatic heterocycles. The number of ether oxygens (including phenoxy) is 7. The SMILES string of the molecule is COc1c(-c2ccc(O)c(O)c2)oc2cc(O[C@@H]3OC[C@@H](O)[C@H](O[C@@H]4O[C@H](CO)[C@@H](O)[C@H](O)[C@H]4O)[C@H]3O)cc(O[C@@H]3O[C@@H](C)[C@H](O)[C@@H](O)[C@H]3O)c2c1=O. The molecule has 0 bridgehead atoms. The molecule has 4 heterocycles. The third kappa shape index (κ3) is 7.34. The van der Waals surface area contributed by atoms with E-state index in [4.69, 9.17) is 37.6 Å². The van der Waals surface area contributed by atoms with Crippen LogP contribution in [-0.2, 0) is 18.9 Å². The van der Waals surface area contributed by atoms with Crippen LogP contribution < -0.4 is 19.6 Å². The Kier molecular flexibility index (Phi) is 11.3.